The molecule has 0 bridgehead atoms. The van der Waals surface area contributed by atoms with Crippen LogP contribution in [0, 0.1) is 0 Å². The molecule has 0 spiro atoms. The summed E-state index contributed by atoms with van der Waals surface area (Å²) in [4.78, 5) is 15.6. The van der Waals surface area contributed by atoms with E-state index in [-0.39, 0.29) is 10.8 Å². The second kappa shape index (κ2) is 9.32. The maximum atomic E-state index is 13.7. The summed E-state index contributed by atoms with van der Waals surface area (Å²) in [6.45, 7) is 1.27. The molecule has 10 heteroatoms. The molecule has 0 atom stereocenters. The fourth-order valence-electron chi connectivity index (χ4n) is 2.98. The lowest BCUT2D eigenvalue weighted by Crippen LogP contribution is -2.13. The minimum atomic E-state index is -4.63. The molecule has 4 rings (SSSR count). The predicted octanol–water partition coefficient (Wildman–Crippen LogP) is 6.87. The molecule has 0 aliphatic carbocycles. The van der Waals surface area contributed by atoms with Crippen LogP contribution in [0.4, 0.5) is 13.2 Å². The maximum Gasteiger partial charge on any atom is 0.433 e. The molecule has 0 aliphatic rings. The van der Waals surface area contributed by atoms with Gasteiger partial charge in [-0.1, -0.05) is 46.3 Å². The van der Waals surface area contributed by atoms with Crippen molar-refractivity contribution in [2.24, 2.45) is 0 Å². The highest BCUT2D eigenvalue weighted by Crippen LogP contribution is 2.34. The van der Waals surface area contributed by atoms with E-state index in [9.17, 15) is 18.0 Å². The Bertz CT molecular complexity index is 1330. The Hall–Kier alpha value is -3.24. The Morgan fingerprint density at radius 3 is 2.55 bits per heavy atom. The van der Waals surface area contributed by atoms with Crippen LogP contribution in [-0.2, 0) is 11.0 Å². The number of ether oxygens (including phenoxy) is 1. The van der Waals surface area contributed by atoms with Crippen LogP contribution in [0.1, 0.15) is 23.9 Å². The number of rotatable bonds is 5. The highest BCUT2D eigenvalue weighted by Gasteiger charge is 2.36. The van der Waals surface area contributed by atoms with E-state index in [2.05, 4.69) is 26.0 Å². The Balaban J connectivity index is 1.69. The molecule has 0 unspecified atom stereocenters. The topological polar surface area (TPSA) is 57.0 Å². The second-order valence-electron chi connectivity index (χ2n) is 6.85. The molecule has 168 valence electrons. The van der Waals surface area contributed by atoms with E-state index < -0.39 is 17.8 Å². The van der Waals surface area contributed by atoms with Gasteiger partial charge in [0.25, 0.3) is 0 Å². The molecule has 0 fully saturated rings. The fraction of sp³-hybridized carbons (Fsp3) is 0.0870. The minimum Gasteiger partial charge on any atom is -0.426 e. The van der Waals surface area contributed by atoms with Crippen molar-refractivity contribution in [3.8, 4) is 22.1 Å². The molecule has 0 radical (unpaired) electrons. The standard InChI is InChI=1S/C23H15BrF3N3O2S/c1-14(31)32-20-5-3-2-4-16(20)8-11-18-12-21(23(25,26)27)30(29-18)22-28-19(13-33-22)15-6-9-17(24)10-7-15/h2-13H,1H3. The zero-order valence-electron chi connectivity index (χ0n) is 17.0. The molecular formula is C23H15BrF3N3O2S. The number of aromatic nitrogens is 3. The van der Waals surface area contributed by atoms with Crippen LogP contribution in [0.25, 0.3) is 28.5 Å². The number of benzene rings is 2. The Morgan fingerprint density at radius 2 is 1.85 bits per heavy atom. The van der Waals surface area contributed by atoms with Crippen molar-refractivity contribution in [1.29, 1.82) is 0 Å². The number of nitrogens with zero attached hydrogens (tertiary/aromatic N) is 3. The van der Waals surface area contributed by atoms with Crippen LogP contribution in [0.2, 0.25) is 0 Å². The van der Waals surface area contributed by atoms with Crippen LogP contribution >= 0.6 is 27.3 Å². The first-order valence-electron chi connectivity index (χ1n) is 9.55. The van der Waals surface area contributed by atoms with E-state index in [0.29, 0.717) is 17.0 Å². The average Bonchev–Trinajstić information content (AvgIpc) is 3.40. The molecule has 0 aliphatic heterocycles. The molecule has 0 N–H and O–H groups in total. The largest absolute Gasteiger partial charge is 0.433 e. The zero-order chi connectivity index (χ0) is 23.6. The molecule has 0 saturated carbocycles. The number of esters is 1. The Kier molecular flexibility index (Phi) is 6.48. The van der Waals surface area contributed by atoms with Gasteiger partial charge in [0, 0.05) is 27.9 Å². The van der Waals surface area contributed by atoms with Crippen molar-refractivity contribution in [3.05, 3.63) is 81.4 Å². The summed E-state index contributed by atoms with van der Waals surface area (Å²) in [6.07, 6.45) is -1.66. The molecule has 2 aromatic carbocycles. The van der Waals surface area contributed by atoms with Gasteiger partial charge in [0.05, 0.1) is 11.4 Å². The highest BCUT2D eigenvalue weighted by molar-refractivity contribution is 9.10. The van der Waals surface area contributed by atoms with Crippen LogP contribution < -0.4 is 4.74 Å². The van der Waals surface area contributed by atoms with Gasteiger partial charge in [-0.3, -0.25) is 4.79 Å². The first kappa shape index (κ1) is 22.9. The van der Waals surface area contributed by atoms with Crippen molar-refractivity contribution in [1.82, 2.24) is 14.8 Å². The molecular weight excluding hydrogens is 519 g/mol. The van der Waals surface area contributed by atoms with Crippen molar-refractivity contribution >= 4 is 45.4 Å². The summed E-state index contributed by atoms with van der Waals surface area (Å²) in [5, 5.41) is 5.90. The molecule has 4 aromatic rings. The monoisotopic (exact) mass is 533 g/mol. The summed E-state index contributed by atoms with van der Waals surface area (Å²) in [7, 11) is 0. The van der Waals surface area contributed by atoms with E-state index in [1.54, 1.807) is 35.7 Å². The SMILES string of the molecule is CC(=O)Oc1ccccc1C=Cc1cc(C(F)(F)F)n(-c2nc(-c3ccc(Br)cc3)cs2)n1. The van der Waals surface area contributed by atoms with E-state index in [1.165, 1.54) is 13.0 Å². The van der Waals surface area contributed by atoms with Gasteiger partial charge in [0.2, 0.25) is 5.13 Å². The minimum absolute atomic E-state index is 0.0837. The summed E-state index contributed by atoms with van der Waals surface area (Å²) in [5.41, 5.74) is 1.01. The maximum absolute atomic E-state index is 13.7. The van der Waals surface area contributed by atoms with Crippen LogP contribution in [0.3, 0.4) is 0 Å². The van der Waals surface area contributed by atoms with E-state index in [0.717, 1.165) is 32.1 Å². The van der Waals surface area contributed by atoms with Crippen LogP contribution in [-0.4, -0.2) is 20.7 Å². The van der Waals surface area contributed by atoms with Crippen LogP contribution in [0.5, 0.6) is 5.75 Å². The summed E-state index contributed by atoms with van der Waals surface area (Å²) < 4.78 is 48.0. The molecule has 2 heterocycles. The van der Waals surface area contributed by atoms with Gasteiger partial charge >= 0.3 is 12.1 Å². The number of thiazole rings is 1. The molecule has 33 heavy (non-hydrogen) atoms. The third-order valence-corrected chi connectivity index (χ3v) is 5.78. The van der Waals surface area contributed by atoms with Gasteiger partial charge in [-0.15, -0.1) is 11.3 Å². The van der Waals surface area contributed by atoms with Crippen molar-refractivity contribution in [2.45, 2.75) is 13.1 Å². The number of para-hydroxylation sites is 1. The Labute approximate surface area is 199 Å². The highest BCUT2D eigenvalue weighted by atomic mass is 79.9. The quantitative estimate of drug-likeness (QED) is 0.207. The number of hydrogen-bond donors (Lipinski definition) is 0. The van der Waals surface area contributed by atoms with Crippen molar-refractivity contribution in [3.63, 3.8) is 0 Å². The molecule has 0 amide bonds. The van der Waals surface area contributed by atoms with Crippen molar-refractivity contribution in [2.75, 3.05) is 0 Å². The number of hydrogen-bond acceptors (Lipinski definition) is 5. The summed E-state index contributed by atoms with van der Waals surface area (Å²) >= 11 is 4.42. The third-order valence-electron chi connectivity index (χ3n) is 4.44. The number of halogens is 4. The summed E-state index contributed by atoms with van der Waals surface area (Å²) in [6, 6.07) is 15.0. The first-order valence-corrected chi connectivity index (χ1v) is 11.2. The number of carbonyl (C=O) groups is 1. The van der Waals surface area contributed by atoms with E-state index >= 15 is 0 Å². The van der Waals surface area contributed by atoms with Gasteiger partial charge in [-0.05, 0) is 36.4 Å². The van der Waals surface area contributed by atoms with Gasteiger partial charge in [-0.2, -0.15) is 18.3 Å². The van der Waals surface area contributed by atoms with E-state index in [4.69, 9.17) is 4.74 Å². The second-order valence-corrected chi connectivity index (χ2v) is 8.60. The van der Waals surface area contributed by atoms with E-state index in [1.807, 2.05) is 24.3 Å². The van der Waals surface area contributed by atoms with Crippen molar-refractivity contribution < 1.29 is 22.7 Å². The number of alkyl halides is 3. The van der Waals surface area contributed by atoms with Gasteiger partial charge in [0.15, 0.2) is 5.69 Å². The average molecular weight is 534 g/mol. The first-order chi connectivity index (χ1) is 15.7. The smallest absolute Gasteiger partial charge is 0.426 e. The molecule has 5 nitrogen and oxygen atoms in total. The van der Waals surface area contributed by atoms with Gasteiger partial charge < -0.3 is 4.74 Å². The van der Waals surface area contributed by atoms with Crippen LogP contribution in [0.15, 0.2) is 64.5 Å². The zero-order valence-corrected chi connectivity index (χ0v) is 19.4. The molecule has 0 saturated heterocycles. The normalized spacial score (nSPS) is 11.8. The Morgan fingerprint density at radius 1 is 1.12 bits per heavy atom. The lowest BCUT2D eigenvalue weighted by atomic mass is 10.1. The van der Waals surface area contributed by atoms with Gasteiger partial charge in [-0.25, -0.2) is 9.67 Å². The lowest BCUT2D eigenvalue weighted by Gasteiger charge is -2.07. The fourth-order valence-corrected chi connectivity index (χ4v) is 4.04. The third kappa shape index (κ3) is 5.40. The predicted molar refractivity (Wildman–Crippen MR) is 124 cm³/mol. The van der Waals surface area contributed by atoms with Gasteiger partial charge in [0.1, 0.15) is 5.75 Å². The summed E-state index contributed by atoms with van der Waals surface area (Å²) in [5.74, 6) is -0.194. The number of carbonyl (C=O) groups excluding carboxylic acids is 1. The lowest BCUT2D eigenvalue weighted by molar-refractivity contribution is -0.142. The molecule has 2 aromatic heterocycles.